The van der Waals surface area contributed by atoms with Crippen LogP contribution in [0.3, 0.4) is 0 Å². The van der Waals surface area contributed by atoms with E-state index in [4.69, 9.17) is 5.73 Å². The third-order valence-electron chi connectivity index (χ3n) is 3.40. The molecule has 0 bridgehead atoms. The van der Waals surface area contributed by atoms with E-state index in [9.17, 15) is 13.2 Å². The molecule has 0 radical (unpaired) electrons. The predicted octanol–water partition coefficient (Wildman–Crippen LogP) is -0.344. The first kappa shape index (κ1) is 15.4. The lowest BCUT2D eigenvalue weighted by Gasteiger charge is -2.31. The van der Waals surface area contributed by atoms with Crippen molar-refractivity contribution in [3.05, 3.63) is 0 Å². The first-order chi connectivity index (χ1) is 8.28. The van der Waals surface area contributed by atoms with Gasteiger partial charge in [0, 0.05) is 20.6 Å². The zero-order chi connectivity index (χ0) is 13.8. The van der Waals surface area contributed by atoms with E-state index in [1.807, 2.05) is 0 Å². The Bertz CT molecular complexity index is 386. The van der Waals surface area contributed by atoms with E-state index < -0.39 is 15.6 Å². The van der Waals surface area contributed by atoms with Gasteiger partial charge in [0.1, 0.15) is 0 Å². The number of sulfonamides is 1. The Hall–Kier alpha value is -0.660. The largest absolute Gasteiger partial charge is 0.353 e. The van der Waals surface area contributed by atoms with Crippen LogP contribution in [0.5, 0.6) is 0 Å². The summed E-state index contributed by atoms with van der Waals surface area (Å²) in [5.74, 6) is -0.321. The zero-order valence-electron chi connectivity index (χ0n) is 11.1. The Kier molecular flexibility index (Phi) is 5.12. The topological polar surface area (TPSA) is 92.5 Å². The minimum atomic E-state index is -3.27. The molecule has 1 aliphatic carbocycles. The van der Waals surface area contributed by atoms with E-state index in [0.717, 1.165) is 23.6 Å². The van der Waals surface area contributed by atoms with Gasteiger partial charge in [0.2, 0.25) is 15.9 Å². The van der Waals surface area contributed by atoms with Crippen molar-refractivity contribution >= 4 is 15.9 Å². The van der Waals surface area contributed by atoms with Crippen LogP contribution in [0.1, 0.15) is 32.1 Å². The quantitative estimate of drug-likeness (QED) is 0.719. The third-order valence-corrected chi connectivity index (χ3v) is 5.23. The molecular formula is C11H23N3O3S. The van der Waals surface area contributed by atoms with Crippen molar-refractivity contribution in [3.8, 4) is 0 Å². The predicted molar refractivity (Wildman–Crippen MR) is 70.5 cm³/mol. The molecule has 106 valence electrons. The number of hydrogen-bond acceptors (Lipinski definition) is 4. The Balaban J connectivity index is 2.42. The molecule has 1 fully saturated rings. The molecule has 1 saturated carbocycles. The maximum absolute atomic E-state index is 11.9. The summed E-state index contributed by atoms with van der Waals surface area (Å²) in [6.45, 7) is 0.109. The van der Waals surface area contributed by atoms with E-state index in [-0.39, 0.29) is 18.2 Å². The average molecular weight is 277 g/mol. The van der Waals surface area contributed by atoms with Crippen molar-refractivity contribution in [1.82, 2.24) is 9.62 Å². The number of rotatable bonds is 5. The van der Waals surface area contributed by atoms with Crippen molar-refractivity contribution in [1.29, 1.82) is 0 Å². The number of nitrogens with zero attached hydrogens (tertiary/aromatic N) is 1. The summed E-state index contributed by atoms with van der Waals surface area (Å²) in [6.07, 6.45) is 4.39. The normalized spacial score (nSPS) is 19.8. The van der Waals surface area contributed by atoms with Gasteiger partial charge in [-0.05, 0) is 12.8 Å². The van der Waals surface area contributed by atoms with Gasteiger partial charge in [-0.15, -0.1) is 0 Å². The summed E-state index contributed by atoms with van der Waals surface area (Å²) in [6, 6.07) is 0. The van der Waals surface area contributed by atoms with Gasteiger partial charge in [0.05, 0.1) is 11.3 Å². The highest BCUT2D eigenvalue weighted by Crippen LogP contribution is 2.25. The summed E-state index contributed by atoms with van der Waals surface area (Å²) < 4.78 is 24.2. The lowest BCUT2D eigenvalue weighted by Crippen LogP contribution is -2.55. The third kappa shape index (κ3) is 3.93. The number of carbonyl (C=O) groups excluding carboxylic acids is 1. The van der Waals surface area contributed by atoms with Crippen molar-refractivity contribution in [2.24, 2.45) is 5.73 Å². The highest BCUT2D eigenvalue weighted by molar-refractivity contribution is 7.89. The highest BCUT2D eigenvalue weighted by Gasteiger charge is 2.35. The second-order valence-corrected chi connectivity index (χ2v) is 7.37. The van der Waals surface area contributed by atoms with Crippen LogP contribution in [0, 0.1) is 0 Å². The molecule has 7 heteroatoms. The Morgan fingerprint density at radius 3 is 2.33 bits per heavy atom. The standard InChI is InChI=1S/C11H23N3O3S/c1-14(2)18(16,17)9-8-13-10(15)11(12)6-4-3-5-7-11/h3-9,12H2,1-2H3,(H,13,15). The molecule has 0 atom stereocenters. The SMILES string of the molecule is CN(C)S(=O)(=O)CCNC(=O)C1(N)CCCCC1. The summed E-state index contributed by atoms with van der Waals surface area (Å²) in [4.78, 5) is 11.9. The van der Waals surface area contributed by atoms with Crippen LogP contribution in [0.25, 0.3) is 0 Å². The Labute approximate surface area is 109 Å². The van der Waals surface area contributed by atoms with Crippen LogP contribution in [-0.2, 0) is 14.8 Å². The molecule has 0 aliphatic heterocycles. The van der Waals surface area contributed by atoms with Gasteiger partial charge < -0.3 is 11.1 Å². The lowest BCUT2D eigenvalue weighted by molar-refractivity contribution is -0.127. The van der Waals surface area contributed by atoms with Gasteiger partial charge in [0.15, 0.2) is 0 Å². The minimum Gasteiger partial charge on any atom is -0.353 e. The van der Waals surface area contributed by atoms with Gasteiger partial charge in [0.25, 0.3) is 0 Å². The molecule has 0 aromatic carbocycles. The number of carbonyl (C=O) groups is 1. The fourth-order valence-electron chi connectivity index (χ4n) is 2.06. The Morgan fingerprint density at radius 1 is 1.28 bits per heavy atom. The number of hydrogen-bond donors (Lipinski definition) is 2. The van der Waals surface area contributed by atoms with E-state index in [1.165, 1.54) is 14.1 Å². The van der Waals surface area contributed by atoms with Gasteiger partial charge in [-0.3, -0.25) is 4.79 Å². The molecule has 0 aromatic heterocycles. The maximum Gasteiger partial charge on any atom is 0.240 e. The molecule has 0 heterocycles. The van der Waals surface area contributed by atoms with Crippen molar-refractivity contribution in [2.45, 2.75) is 37.6 Å². The molecule has 18 heavy (non-hydrogen) atoms. The molecule has 1 rings (SSSR count). The molecule has 0 aromatic rings. The van der Waals surface area contributed by atoms with Gasteiger partial charge >= 0.3 is 0 Å². The van der Waals surface area contributed by atoms with Crippen molar-refractivity contribution in [3.63, 3.8) is 0 Å². The first-order valence-electron chi connectivity index (χ1n) is 6.25. The van der Waals surface area contributed by atoms with E-state index >= 15 is 0 Å². The second-order valence-electron chi connectivity index (χ2n) is 5.07. The molecule has 6 nitrogen and oxygen atoms in total. The molecule has 0 unspecified atom stereocenters. The van der Waals surface area contributed by atoms with Crippen LogP contribution in [0.2, 0.25) is 0 Å². The van der Waals surface area contributed by atoms with Crippen LogP contribution in [-0.4, -0.2) is 50.6 Å². The molecule has 0 spiro atoms. The molecule has 0 saturated heterocycles. The highest BCUT2D eigenvalue weighted by atomic mass is 32.2. The van der Waals surface area contributed by atoms with E-state index in [0.29, 0.717) is 12.8 Å². The van der Waals surface area contributed by atoms with Crippen LogP contribution < -0.4 is 11.1 Å². The van der Waals surface area contributed by atoms with Crippen molar-refractivity contribution in [2.75, 3.05) is 26.4 Å². The first-order valence-corrected chi connectivity index (χ1v) is 7.86. The smallest absolute Gasteiger partial charge is 0.240 e. The van der Waals surface area contributed by atoms with E-state index in [2.05, 4.69) is 5.32 Å². The molecular weight excluding hydrogens is 254 g/mol. The lowest BCUT2D eigenvalue weighted by atomic mass is 9.82. The summed E-state index contributed by atoms with van der Waals surface area (Å²) in [7, 11) is -0.317. The van der Waals surface area contributed by atoms with Gasteiger partial charge in [-0.25, -0.2) is 12.7 Å². The number of nitrogens with one attached hydrogen (secondary N) is 1. The monoisotopic (exact) mass is 277 g/mol. The van der Waals surface area contributed by atoms with Gasteiger partial charge in [-0.2, -0.15) is 0 Å². The zero-order valence-corrected chi connectivity index (χ0v) is 11.9. The second kappa shape index (κ2) is 5.99. The average Bonchev–Trinajstić information content (AvgIpc) is 2.29. The molecule has 1 aliphatic rings. The summed E-state index contributed by atoms with van der Waals surface area (Å²) in [5, 5.41) is 2.63. The molecule has 1 amide bonds. The van der Waals surface area contributed by atoms with Crippen LogP contribution >= 0.6 is 0 Å². The minimum absolute atomic E-state index is 0.0954. The summed E-state index contributed by atoms with van der Waals surface area (Å²) in [5.41, 5.74) is 5.23. The number of nitrogens with two attached hydrogens (primary N) is 1. The van der Waals surface area contributed by atoms with Crippen molar-refractivity contribution < 1.29 is 13.2 Å². The molecule has 3 N–H and O–H groups in total. The van der Waals surface area contributed by atoms with Gasteiger partial charge in [-0.1, -0.05) is 19.3 Å². The fourth-order valence-corrected chi connectivity index (χ4v) is 2.79. The maximum atomic E-state index is 11.9. The fraction of sp³-hybridized carbons (Fsp3) is 0.909. The van der Waals surface area contributed by atoms with Crippen LogP contribution in [0.4, 0.5) is 0 Å². The van der Waals surface area contributed by atoms with Crippen LogP contribution in [0.15, 0.2) is 0 Å². The summed E-state index contributed by atoms with van der Waals surface area (Å²) >= 11 is 0. The van der Waals surface area contributed by atoms with E-state index in [1.54, 1.807) is 0 Å². The Morgan fingerprint density at radius 2 is 1.83 bits per heavy atom. The number of amides is 1.